The van der Waals surface area contributed by atoms with Crippen molar-refractivity contribution in [2.24, 2.45) is 0 Å². The van der Waals surface area contributed by atoms with Crippen molar-refractivity contribution in [2.75, 3.05) is 0 Å². The standard InChI is InChI=1S/C11H5Cl2N3O2/c12-9-2-1-6(3-10(9)13)8-5-15-11(16(17)18)7(8)4-14/h1-3,5,15H. The third-order valence-electron chi connectivity index (χ3n) is 2.38. The summed E-state index contributed by atoms with van der Waals surface area (Å²) in [7, 11) is 0. The molecule has 0 amide bonds. The van der Waals surface area contributed by atoms with E-state index in [1.807, 2.05) is 6.07 Å². The molecule has 1 aromatic carbocycles. The van der Waals surface area contributed by atoms with E-state index in [0.29, 0.717) is 21.2 Å². The molecule has 0 unspecified atom stereocenters. The number of hydrogen-bond acceptors (Lipinski definition) is 3. The molecule has 2 aromatic rings. The Hall–Kier alpha value is -2.03. The molecule has 1 N–H and O–H groups in total. The van der Waals surface area contributed by atoms with Crippen molar-refractivity contribution < 1.29 is 4.92 Å². The van der Waals surface area contributed by atoms with Crippen molar-refractivity contribution >= 4 is 29.0 Å². The van der Waals surface area contributed by atoms with Crippen LogP contribution in [-0.2, 0) is 0 Å². The van der Waals surface area contributed by atoms with E-state index in [1.54, 1.807) is 18.2 Å². The van der Waals surface area contributed by atoms with Gasteiger partial charge in [0.25, 0.3) is 0 Å². The van der Waals surface area contributed by atoms with Crippen LogP contribution in [0.1, 0.15) is 5.56 Å². The van der Waals surface area contributed by atoms with Gasteiger partial charge in [-0.1, -0.05) is 29.3 Å². The second-order valence-electron chi connectivity index (χ2n) is 3.42. The summed E-state index contributed by atoms with van der Waals surface area (Å²) in [5.41, 5.74) is 0.978. The lowest BCUT2D eigenvalue weighted by Crippen LogP contribution is -1.90. The van der Waals surface area contributed by atoms with Crippen molar-refractivity contribution in [3.8, 4) is 17.2 Å². The molecule has 0 aliphatic heterocycles. The predicted octanol–water partition coefficient (Wildman–Crippen LogP) is 3.77. The molecule has 0 fully saturated rings. The molecule has 0 bridgehead atoms. The fourth-order valence-electron chi connectivity index (χ4n) is 1.56. The van der Waals surface area contributed by atoms with Gasteiger partial charge < -0.3 is 10.1 Å². The van der Waals surface area contributed by atoms with Gasteiger partial charge in [0.1, 0.15) is 6.07 Å². The Kier molecular flexibility index (Phi) is 3.24. The van der Waals surface area contributed by atoms with Gasteiger partial charge in [-0.25, -0.2) is 4.98 Å². The monoisotopic (exact) mass is 281 g/mol. The van der Waals surface area contributed by atoms with Crippen LogP contribution in [0.2, 0.25) is 10.0 Å². The Bertz CT molecular complexity index is 673. The van der Waals surface area contributed by atoms with Gasteiger partial charge in [0, 0.05) is 5.56 Å². The summed E-state index contributed by atoms with van der Waals surface area (Å²) in [5, 5.41) is 20.4. The first-order valence-corrected chi connectivity index (χ1v) is 5.51. The first-order valence-electron chi connectivity index (χ1n) is 4.76. The highest BCUT2D eigenvalue weighted by Gasteiger charge is 2.21. The molecule has 18 heavy (non-hydrogen) atoms. The maximum absolute atomic E-state index is 10.7. The Balaban J connectivity index is 2.61. The van der Waals surface area contributed by atoms with Crippen LogP contribution in [0.15, 0.2) is 24.4 Å². The largest absolute Gasteiger partial charge is 0.358 e. The first kappa shape index (κ1) is 12.4. The first-order chi connectivity index (χ1) is 8.54. The molecule has 0 aliphatic carbocycles. The van der Waals surface area contributed by atoms with E-state index in [4.69, 9.17) is 28.5 Å². The summed E-state index contributed by atoms with van der Waals surface area (Å²) in [5.74, 6) is -0.335. The van der Waals surface area contributed by atoms with E-state index in [9.17, 15) is 10.1 Å². The second-order valence-corrected chi connectivity index (χ2v) is 4.24. The summed E-state index contributed by atoms with van der Waals surface area (Å²) in [6.07, 6.45) is 1.40. The number of nitrogens with one attached hydrogen (secondary N) is 1. The highest BCUT2D eigenvalue weighted by Crippen LogP contribution is 2.33. The van der Waals surface area contributed by atoms with Crippen molar-refractivity contribution in [2.45, 2.75) is 0 Å². The number of halogens is 2. The van der Waals surface area contributed by atoms with Crippen LogP contribution in [-0.4, -0.2) is 9.91 Å². The van der Waals surface area contributed by atoms with E-state index in [-0.39, 0.29) is 11.4 Å². The topological polar surface area (TPSA) is 82.7 Å². The second kappa shape index (κ2) is 4.69. The van der Waals surface area contributed by atoms with Crippen LogP contribution < -0.4 is 0 Å². The molecule has 0 radical (unpaired) electrons. The van der Waals surface area contributed by atoms with Gasteiger partial charge in [0.2, 0.25) is 0 Å². The van der Waals surface area contributed by atoms with Crippen molar-refractivity contribution in [3.63, 3.8) is 0 Å². The highest BCUT2D eigenvalue weighted by molar-refractivity contribution is 6.42. The number of aromatic amines is 1. The van der Waals surface area contributed by atoms with Crippen LogP contribution in [0.3, 0.4) is 0 Å². The summed E-state index contributed by atoms with van der Waals surface area (Å²) in [4.78, 5) is 12.5. The number of aromatic nitrogens is 1. The minimum absolute atomic E-state index is 0.0293. The molecule has 0 aliphatic rings. The number of nitro groups is 1. The summed E-state index contributed by atoms with van der Waals surface area (Å²) >= 11 is 11.7. The normalized spacial score (nSPS) is 10.1. The summed E-state index contributed by atoms with van der Waals surface area (Å²) < 4.78 is 0. The highest BCUT2D eigenvalue weighted by atomic mass is 35.5. The van der Waals surface area contributed by atoms with Crippen molar-refractivity contribution in [1.82, 2.24) is 4.98 Å². The zero-order chi connectivity index (χ0) is 13.3. The Morgan fingerprint density at radius 2 is 2.06 bits per heavy atom. The smallest absolute Gasteiger partial charge is 0.339 e. The number of nitrogens with zero attached hydrogens (tertiary/aromatic N) is 2. The molecule has 0 atom stereocenters. The molecule has 2 rings (SSSR count). The van der Waals surface area contributed by atoms with Crippen LogP contribution >= 0.6 is 23.2 Å². The molecule has 7 heteroatoms. The lowest BCUT2D eigenvalue weighted by atomic mass is 10.1. The van der Waals surface area contributed by atoms with Gasteiger partial charge in [-0.05, 0) is 22.6 Å². The quantitative estimate of drug-likeness (QED) is 0.672. The van der Waals surface area contributed by atoms with Crippen molar-refractivity contribution in [3.05, 3.63) is 50.1 Å². The van der Waals surface area contributed by atoms with Gasteiger partial charge in [0.05, 0.1) is 16.2 Å². The van der Waals surface area contributed by atoms with E-state index in [1.165, 1.54) is 6.20 Å². The third-order valence-corrected chi connectivity index (χ3v) is 3.12. The summed E-state index contributed by atoms with van der Waals surface area (Å²) in [6.45, 7) is 0. The van der Waals surface area contributed by atoms with Gasteiger partial charge in [0.15, 0.2) is 5.56 Å². The van der Waals surface area contributed by atoms with E-state index in [2.05, 4.69) is 4.98 Å². The maximum Gasteiger partial charge on any atom is 0.339 e. The third kappa shape index (κ3) is 2.04. The minimum atomic E-state index is -0.639. The SMILES string of the molecule is N#Cc1c(-c2ccc(Cl)c(Cl)c2)c[nH]c1[N+](=O)[O-]. The van der Waals surface area contributed by atoms with Crippen LogP contribution in [0.5, 0.6) is 0 Å². The Morgan fingerprint density at radius 3 is 2.61 bits per heavy atom. The molecular weight excluding hydrogens is 277 g/mol. The fraction of sp³-hybridized carbons (Fsp3) is 0. The van der Waals surface area contributed by atoms with E-state index >= 15 is 0 Å². The number of nitriles is 1. The molecule has 1 aromatic heterocycles. The van der Waals surface area contributed by atoms with Gasteiger partial charge in [-0.2, -0.15) is 5.26 Å². The maximum atomic E-state index is 10.7. The lowest BCUT2D eigenvalue weighted by Gasteiger charge is -2.00. The fourth-order valence-corrected chi connectivity index (χ4v) is 1.86. The lowest BCUT2D eigenvalue weighted by molar-refractivity contribution is -0.389. The van der Waals surface area contributed by atoms with Crippen LogP contribution in [0.25, 0.3) is 11.1 Å². The zero-order valence-electron chi connectivity index (χ0n) is 8.78. The average molecular weight is 282 g/mol. The number of hydrogen-bond donors (Lipinski definition) is 1. The Morgan fingerprint density at radius 1 is 1.33 bits per heavy atom. The van der Waals surface area contributed by atoms with E-state index < -0.39 is 4.92 Å². The predicted molar refractivity (Wildman–Crippen MR) is 67.6 cm³/mol. The molecule has 5 nitrogen and oxygen atoms in total. The minimum Gasteiger partial charge on any atom is -0.358 e. The van der Waals surface area contributed by atoms with Gasteiger partial charge in [-0.15, -0.1) is 0 Å². The number of H-pyrrole nitrogens is 1. The van der Waals surface area contributed by atoms with Gasteiger partial charge in [-0.3, -0.25) is 0 Å². The van der Waals surface area contributed by atoms with Crippen molar-refractivity contribution in [1.29, 1.82) is 5.26 Å². The number of benzene rings is 1. The molecule has 90 valence electrons. The molecular formula is C11H5Cl2N3O2. The molecule has 1 heterocycles. The van der Waals surface area contributed by atoms with Crippen LogP contribution in [0, 0.1) is 21.4 Å². The van der Waals surface area contributed by atoms with E-state index in [0.717, 1.165) is 0 Å². The van der Waals surface area contributed by atoms with Crippen LogP contribution in [0.4, 0.5) is 5.82 Å². The average Bonchev–Trinajstić information content (AvgIpc) is 2.76. The molecule has 0 spiro atoms. The molecule has 0 saturated carbocycles. The Labute approximate surface area is 112 Å². The van der Waals surface area contributed by atoms with Gasteiger partial charge >= 0.3 is 5.82 Å². The molecule has 0 saturated heterocycles. The number of rotatable bonds is 2. The summed E-state index contributed by atoms with van der Waals surface area (Å²) in [6, 6.07) is 6.57. The zero-order valence-corrected chi connectivity index (χ0v) is 10.3.